The number of nitrogens with one attached hydrogen (secondary N) is 1. The van der Waals surface area contributed by atoms with E-state index in [1.807, 2.05) is 49.3 Å². The summed E-state index contributed by atoms with van der Waals surface area (Å²) < 4.78 is 0. The van der Waals surface area contributed by atoms with Crippen LogP contribution >= 0.6 is 24.8 Å². The highest BCUT2D eigenvalue weighted by atomic mass is 35.5. The number of carbonyl (C=O) groups excluding carboxylic acids is 1. The second-order valence-corrected chi connectivity index (χ2v) is 5.90. The molecule has 1 unspecified atom stereocenters. The second kappa shape index (κ2) is 10.1. The van der Waals surface area contributed by atoms with Gasteiger partial charge in [-0.15, -0.1) is 24.8 Å². The van der Waals surface area contributed by atoms with E-state index < -0.39 is 0 Å². The summed E-state index contributed by atoms with van der Waals surface area (Å²) in [4.78, 5) is 14.5. The van der Waals surface area contributed by atoms with Crippen LogP contribution in [0.15, 0.2) is 30.3 Å². The maximum absolute atomic E-state index is 12.6. The highest BCUT2D eigenvalue weighted by Gasteiger charge is 2.26. The standard InChI is InChI=1S/C16H25N3O.2ClH/c1-19(2)15(12-6-4-3-5-7-12)16(20)18-14-10-8-13(17)9-11-14;;/h3-7,13-15H,8-11,17H2,1-2H3,(H,18,20);2*1H. The average Bonchev–Trinajstić information content (AvgIpc) is 2.42. The van der Waals surface area contributed by atoms with Crippen molar-refractivity contribution < 1.29 is 4.79 Å². The van der Waals surface area contributed by atoms with Gasteiger partial charge >= 0.3 is 0 Å². The van der Waals surface area contributed by atoms with Crippen LogP contribution in [0, 0.1) is 0 Å². The number of halogens is 2. The van der Waals surface area contributed by atoms with Crippen LogP contribution in [-0.4, -0.2) is 37.0 Å². The minimum Gasteiger partial charge on any atom is -0.352 e. The fourth-order valence-electron chi connectivity index (χ4n) is 2.86. The van der Waals surface area contributed by atoms with Crippen LogP contribution in [-0.2, 0) is 4.79 Å². The molecule has 0 heterocycles. The molecule has 1 saturated carbocycles. The first-order chi connectivity index (χ1) is 9.58. The normalized spacial score (nSPS) is 22.2. The molecule has 1 aliphatic rings. The van der Waals surface area contributed by atoms with Crippen LogP contribution in [0.5, 0.6) is 0 Å². The first-order valence-corrected chi connectivity index (χ1v) is 7.35. The minimum absolute atomic E-state index is 0. The van der Waals surface area contributed by atoms with E-state index in [2.05, 4.69) is 5.32 Å². The molecule has 0 bridgehead atoms. The van der Waals surface area contributed by atoms with Crippen LogP contribution in [0.4, 0.5) is 0 Å². The van der Waals surface area contributed by atoms with Gasteiger partial charge in [0.2, 0.25) is 5.91 Å². The lowest BCUT2D eigenvalue weighted by Gasteiger charge is -2.30. The Labute approximate surface area is 145 Å². The lowest BCUT2D eigenvalue weighted by atomic mass is 9.91. The molecule has 1 fully saturated rings. The summed E-state index contributed by atoms with van der Waals surface area (Å²) in [6, 6.07) is 10.3. The molecule has 1 amide bonds. The van der Waals surface area contributed by atoms with Gasteiger partial charge in [-0.2, -0.15) is 0 Å². The van der Waals surface area contributed by atoms with Crippen molar-refractivity contribution in [3.8, 4) is 0 Å². The van der Waals surface area contributed by atoms with Crippen molar-refractivity contribution in [1.29, 1.82) is 0 Å². The van der Waals surface area contributed by atoms with Crippen molar-refractivity contribution in [3.63, 3.8) is 0 Å². The molecule has 3 N–H and O–H groups in total. The van der Waals surface area contributed by atoms with Gasteiger partial charge < -0.3 is 11.1 Å². The Bertz CT molecular complexity index is 434. The van der Waals surface area contributed by atoms with Gasteiger partial charge in [-0.1, -0.05) is 30.3 Å². The average molecular weight is 348 g/mol. The fourth-order valence-corrected chi connectivity index (χ4v) is 2.86. The molecule has 0 saturated heterocycles. The van der Waals surface area contributed by atoms with Gasteiger partial charge in [-0.3, -0.25) is 9.69 Å². The van der Waals surface area contributed by atoms with Crippen molar-refractivity contribution >= 4 is 30.7 Å². The zero-order valence-corrected chi connectivity index (χ0v) is 14.8. The summed E-state index contributed by atoms with van der Waals surface area (Å²) in [7, 11) is 3.88. The number of likely N-dealkylation sites (N-methyl/N-ethyl adjacent to an activating group) is 1. The quantitative estimate of drug-likeness (QED) is 0.879. The smallest absolute Gasteiger partial charge is 0.242 e. The molecule has 1 aliphatic carbocycles. The van der Waals surface area contributed by atoms with Gasteiger partial charge in [0.25, 0.3) is 0 Å². The Morgan fingerprint density at radius 1 is 1.14 bits per heavy atom. The van der Waals surface area contributed by atoms with Crippen molar-refractivity contribution in [2.45, 2.75) is 43.8 Å². The number of nitrogens with two attached hydrogens (primary N) is 1. The van der Waals surface area contributed by atoms with Crippen molar-refractivity contribution in [3.05, 3.63) is 35.9 Å². The van der Waals surface area contributed by atoms with E-state index in [1.165, 1.54) is 0 Å². The van der Waals surface area contributed by atoms with Gasteiger partial charge in [0.1, 0.15) is 6.04 Å². The number of benzene rings is 1. The topological polar surface area (TPSA) is 58.4 Å². The third kappa shape index (κ3) is 5.76. The zero-order valence-electron chi connectivity index (χ0n) is 13.2. The van der Waals surface area contributed by atoms with Gasteiger partial charge in [-0.05, 0) is 45.3 Å². The van der Waals surface area contributed by atoms with Gasteiger partial charge in [0, 0.05) is 12.1 Å². The van der Waals surface area contributed by atoms with E-state index in [-0.39, 0.29) is 42.8 Å². The van der Waals surface area contributed by atoms with E-state index in [0.29, 0.717) is 6.04 Å². The van der Waals surface area contributed by atoms with Gasteiger partial charge in [0.15, 0.2) is 0 Å². The number of hydrogen-bond acceptors (Lipinski definition) is 3. The highest BCUT2D eigenvalue weighted by molar-refractivity contribution is 5.85. The minimum atomic E-state index is -0.230. The highest BCUT2D eigenvalue weighted by Crippen LogP contribution is 2.21. The number of hydrogen-bond donors (Lipinski definition) is 2. The molecular formula is C16H27Cl2N3O. The van der Waals surface area contributed by atoms with E-state index in [0.717, 1.165) is 31.2 Å². The first-order valence-electron chi connectivity index (χ1n) is 7.35. The molecule has 1 aromatic carbocycles. The summed E-state index contributed by atoms with van der Waals surface area (Å²) in [5, 5.41) is 3.18. The molecule has 6 heteroatoms. The number of amides is 1. The van der Waals surface area contributed by atoms with Crippen LogP contribution in [0.2, 0.25) is 0 Å². The molecule has 4 nitrogen and oxygen atoms in total. The van der Waals surface area contributed by atoms with Crippen LogP contribution in [0.3, 0.4) is 0 Å². The Kier molecular flexibility index (Phi) is 9.69. The molecule has 1 atom stereocenters. The maximum atomic E-state index is 12.6. The maximum Gasteiger partial charge on any atom is 0.242 e. The zero-order chi connectivity index (χ0) is 14.5. The lowest BCUT2D eigenvalue weighted by molar-refractivity contribution is -0.126. The fraction of sp³-hybridized carbons (Fsp3) is 0.562. The number of carbonyl (C=O) groups is 1. The second-order valence-electron chi connectivity index (χ2n) is 5.90. The van der Waals surface area contributed by atoms with Crippen LogP contribution < -0.4 is 11.1 Å². The SMILES string of the molecule is CN(C)C(C(=O)NC1CCC(N)CC1)c1ccccc1.Cl.Cl. The van der Waals surface area contributed by atoms with Crippen LogP contribution in [0.1, 0.15) is 37.3 Å². The molecule has 1 aromatic rings. The van der Waals surface area contributed by atoms with Gasteiger partial charge in [0.05, 0.1) is 0 Å². The first kappa shape index (κ1) is 21.2. The monoisotopic (exact) mass is 347 g/mol. The Morgan fingerprint density at radius 2 is 1.68 bits per heavy atom. The largest absolute Gasteiger partial charge is 0.352 e. The van der Waals surface area contributed by atoms with E-state index in [9.17, 15) is 4.79 Å². The molecule has 0 radical (unpaired) electrons. The number of rotatable bonds is 4. The molecule has 126 valence electrons. The predicted molar refractivity (Wildman–Crippen MR) is 95.7 cm³/mol. The lowest BCUT2D eigenvalue weighted by Crippen LogP contribution is -2.45. The van der Waals surface area contributed by atoms with E-state index in [1.54, 1.807) is 0 Å². The third-order valence-corrected chi connectivity index (χ3v) is 4.00. The molecule has 0 aromatic heterocycles. The van der Waals surface area contributed by atoms with Crippen LogP contribution in [0.25, 0.3) is 0 Å². The molecular weight excluding hydrogens is 321 g/mol. The predicted octanol–water partition coefficient (Wildman–Crippen LogP) is 2.52. The van der Waals surface area contributed by atoms with E-state index >= 15 is 0 Å². The summed E-state index contributed by atoms with van der Waals surface area (Å²) in [6.45, 7) is 0. The van der Waals surface area contributed by atoms with Gasteiger partial charge in [-0.25, -0.2) is 0 Å². The molecule has 0 spiro atoms. The van der Waals surface area contributed by atoms with E-state index in [4.69, 9.17) is 5.73 Å². The Hall–Kier alpha value is -0.810. The summed E-state index contributed by atoms with van der Waals surface area (Å²) >= 11 is 0. The Morgan fingerprint density at radius 3 is 2.18 bits per heavy atom. The summed E-state index contributed by atoms with van der Waals surface area (Å²) in [5.41, 5.74) is 6.94. The molecule has 0 aliphatic heterocycles. The summed E-state index contributed by atoms with van der Waals surface area (Å²) in [5.74, 6) is 0.0849. The summed E-state index contributed by atoms with van der Waals surface area (Å²) in [6.07, 6.45) is 3.98. The van der Waals surface area contributed by atoms with Crippen molar-refractivity contribution in [2.24, 2.45) is 5.73 Å². The molecule has 2 rings (SSSR count). The number of nitrogens with zero attached hydrogens (tertiary/aromatic N) is 1. The third-order valence-electron chi connectivity index (χ3n) is 4.00. The Balaban J connectivity index is 0.00000220. The van der Waals surface area contributed by atoms with Crippen molar-refractivity contribution in [1.82, 2.24) is 10.2 Å². The molecule has 22 heavy (non-hydrogen) atoms. The van der Waals surface area contributed by atoms with Crippen molar-refractivity contribution in [2.75, 3.05) is 14.1 Å².